The first-order valence-corrected chi connectivity index (χ1v) is 16.7. The zero-order valence-corrected chi connectivity index (χ0v) is 26.6. The molecule has 2 aromatic heterocycles. The van der Waals surface area contributed by atoms with E-state index in [1.165, 1.54) is 42.1 Å². The van der Waals surface area contributed by atoms with E-state index >= 15 is 0 Å². The molecule has 1 aliphatic carbocycles. The first kappa shape index (κ1) is 27.1. The van der Waals surface area contributed by atoms with Gasteiger partial charge in [0, 0.05) is 42.1 Å². The summed E-state index contributed by atoms with van der Waals surface area (Å²) in [7, 11) is 0. The van der Waals surface area contributed by atoms with Gasteiger partial charge in [0.05, 0.1) is 11.0 Å². The van der Waals surface area contributed by atoms with Gasteiger partial charge in [-0.05, 0) is 60.7 Å². The number of fused-ring (bicyclic) bond motifs is 6. The molecule has 0 fully saturated rings. The second kappa shape index (κ2) is 10.4. The van der Waals surface area contributed by atoms with Crippen molar-refractivity contribution in [3.63, 3.8) is 0 Å². The quantitative estimate of drug-likeness (QED) is 0.212. The van der Waals surface area contributed by atoms with Crippen LogP contribution >= 0.6 is 11.3 Å². The van der Waals surface area contributed by atoms with E-state index in [9.17, 15) is 0 Å². The molecule has 1 aliphatic heterocycles. The Kier molecular flexibility index (Phi) is 6.12. The van der Waals surface area contributed by atoms with Gasteiger partial charge in [-0.15, -0.1) is 11.3 Å². The van der Waals surface area contributed by atoms with Crippen LogP contribution in [0, 0.1) is 5.92 Å². The van der Waals surface area contributed by atoms with Gasteiger partial charge in [-0.1, -0.05) is 110 Å². The molecule has 9 rings (SSSR count). The van der Waals surface area contributed by atoms with Crippen molar-refractivity contribution in [2.45, 2.75) is 25.9 Å². The zero-order valence-electron chi connectivity index (χ0n) is 25.7. The lowest BCUT2D eigenvalue weighted by atomic mass is 9.96. The van der Waals surface area contributed by atoms with Crippen LogP contribution < -0.4 is 5.32 Å². The van der Waals surface area contributed by atoms with Gasteiger partial charge >= 0.3 is 0 Å². The molecule has 2 aliphatic rings. The molecule has 5 aromatic carbocycles. The SMILES string of the molecule is CC1C=CC(C2=NC(C)(c3ccccc3)N=C(n3c4ccc(-c5ccccc5)cc4c4cc5sc6ccccc6c5cc43)N2)=CC1. The fourth-order valence-corrected chi connectivity index (χ4v) is 8.04. The number of amidine groups is 1. The maximum atomic E-state index is 5.43. The Morgan fingerprint density at radius 2 is 1.48 bits per heavy atom. The molecule has 7 aromatic rings. The summed E-state index contributed by atoms with van der Waals surface area (Å²) in [5.74, 6) is 2.13. The van der Waals surface area contributed by atoms with E-state index in [1.54, 1.807) is 0 Å². The minimum Gasteiger partial charge on any atom is -0.310 e. The molecule has 5 heteroatoms. The molecule has 0 amide bonds. The second-order valence-electron chi connectivity index (χ2n) is 12.5. The summed E-state index contributed by atoms with van der Waals surface area (Å²) in [6.07, 6.45) is 7.76. The number of nitrogens with zero attached hydrogens (tertiary/aromatic N) is 3. The van der Waals surface area contributed by atoms with Crippen LogP contribution in [0.5, 0.6) is 0 Å². The largest absolute Gasteiger partial charge is 0.310 e. The number of benzene rings is 5. The van der Waals surface area contributed by atoms with Crippen LogP contribution in [0.25, 0.3) is 53.1 Å². The van der Waals surface area contributed by atoms with Crippen molar-refractivity contribution in [3.8, 4) is 11.1 Å². The molecule has 3 heterocycles. The molecule has 0 radical (unpaired) electrons. The van der Waals surface area contributed by atoms with Crippen LogP contribution in [0.2, 0.25) is 0 Å². The van der Waals surface area contributed by atoms with E-state index in [0.29, 0.717) is 5.92 Å². The summed E-state index contributed by atoms with van der Waals surface area (Å²) < 4.78 is 4.91. The van der Waals surface area contributed by atoms with Crippen molar-refractivity contribution in [2.24, 2.45) is 15.9 Å². The van der Waals surface area contributed by atoms with Crippen LogP contribution in [0.15, 0.2) is 149 Å². The number of nitrogens with one attached hydrogen (secondary N) is 1. The lowest BCUT2D eigenvalue weighted by Crippen LogP contribution is -2.44. The highest BCUT2D eigenvalue weighted by Gasteiger charge is 2.33. The van der Waals surface area contributed by atoms with Crippen molar-refractivity contribution < 1.29 is 0 Å². The summed E-state index contributed by atoms with van der Waals surface area (Å²) in [6.45, 7) is 4.36. The van der Waals surface area contributed by atoms with Crippen LogP contribution in [0.1, 0.15) is 25.8 Å². The first-order chi connectivity index (χ1) is 22.5. The van der Waals surface area contributed by atoms with Gasteiger partial charge in [-0.25, -0.2) is 9.98 Å². The predicted molar refractivity (Wildman–Crippen MR) is 196 cm³/mol. The van der Waals surface area contributed by atoms with Gasteiger partial charge in [0.2, 0.25) is 5.96 Å². The minimum absolute atomic E-state index is 0.514. The average molecular weight is 613 g/mol. The highest BCUT2D eigenvalue weighted by Crippen LogP contribution is 2.41. The van der Waals surface area contributed by atoms with Crippen molar-refractivity contribution in [1.29, 1.82) is 0 Å². The molecule has 0 spiro atoms. The molecular weight excluding hydrogens is 581 g/mol. The maximum Gasteiger partial charge on any atom is 0.211 e. The number of rotatable bonds is 3. The van der Waals surface area contributed by atoms with E-state index in [0.717, 1.165) is 40.4 Å². The fourth-order valence-electron chi connectivity index (χ4n) is 6.91. The number of aromatic nitrogens is 1. The summed E-state index contributed by atoms with van der Waals surface area (Å²) in [6, 6.07) is 41.3. The Bertz CT molecular complexity index is 2440. The summed E-state index contributed by atoms with van der Waals surface area (Å²) >= 11 is 1.86. The first-order valence-electron chi connectivity index (χ1n) is 15.9. The van der Waals surface area contributed by atoms with Gasteiger partial charge < -0.3 is 5.32 Å². The van der Waals surface area contributed by atoms with E-state index < -0.39 is 5.66 Å². The normalized spacial score (nSPS) is 19.8. The number of hydrogen-bond acceptors (Lipinski definition) is 4. The molecule has 0 bridgehead atoms. The Labute approximate surface area is 271 Å². The smallest absolute Gasteiger partial charge is 0.211 e. The maximum absolute atomic E-state index is 5.43. The summed E-state index contributed by atoms with van der Waals surface area (Å²) in [5.41, 5.74) is 6.00. The molecule has 222 valence electrons. The Morgan fingerprint density at radius 1 is 0.717 bits per heavy atom. The van der Waals surface area contributed by atoms with E-state index in [4.69, 9.17) is 9.98 Å². The molecule has 0 saturated heterocycles. The third kappa shape index (κ3) is 4.34. The van der Waals surface area contributed by atoms with Crippen molar-refractivity contribution >= 4 is 65.1 Å². The van der Waals surface area contributed by atoms with Crippen LogP contribution in [0.3, 0.4) is 0 Å². The fraction of sp³-hybridized carbons (Fsp3) is 0.122. The van der Waals surface area contributed by atoms with Gasteiger partial charge in [-0.3, -0.25) is 4.57 Å². The third-order valence-corrected chi connectivity index (χ3v) is 10.5. The van der Waals surface area contributed by atoms with Crippen molar-refractivity contribution in [2.75, 3.05) is 0 Å². The monoisotopic (exact) mass is 612 g/mol. The standard InChI is InChI=1S/C41H32N4S/c1-26-17-19-28(20-18-26)39-42-40(44-41(2,43-39)30-13-7-4-8-14-30)45-35-22-21-29(27-11-5-3-6-12-27)23-32(35)33-25-38-34(24-36(33)45)31-15-9-10-16-37(31)46-38/h3-17,19-26H,18H2,1-2H3,(H,42,43,44). The molecule has 0 saturated carbocycles. The number of aliphatic imine (C=N–C) groups is 2. The topological polar surface area (TPSA) is 41.7 Å². The van der Waals surface area contributed by atoms with E-state index in [1.807, 2.05) is 17.4 Å². The Balaban J connectivity index is 1.33. The molecular formula is C41H32N4S. The van der Waals surface area contributed by atoms with Gasteiger partial charge in [0.15, 0.2) is 5.66 Å². The second-order valence-corrected chi connectivity index (χ2v) is 13.6. The van der Waals surface area contributed by atoms with Gasteiger partial charge in [-0.2, -0.15) is 0 Å². The molecule has 4 nitrogen and oxygen atoms in total. The summed E-state index contributed by atoms with van der Waals surface area (Å²) in [5, 5.41) is 8.69. The van der Waals surface area contributed by atoms with Crippen molar-refractivity contribution in [1.82, 2.24) is 9.88 Å². The Hall–Kier alpha value is -5.26. The van der Waals surface area contributed by atoms with Crippen LogP contribution in [-0.4, -0.2) is 16.4 Å². The van der Waals surface area contributed by atoms with Crippen LogP contribution in [-0.2, 0) is 5.66 Å². The average Bonchev–Trinajstić information content (AvgIpc) is 3.62. The minimum atomic E-state index is -0.805. The van der Waals surface area contributed by atoms with Gasteiger partial charge in [0.1, 0.15) is 5.84 Å². The lowest BCUT2D eigenvalue weighted by Gasteiger charge is -2.31. The Morgan fingerprint density at radius 3 is 2.28 bits per heavy atom. The predicted octanol–water partition coefficient (Wildman–Crippen LogP) is 10.4. The van der Waals surface area contributed by atoms with Crippen molar-refractivity contribution in [3.05, 3.63) is 145 Å². The van der Waals surface area contributed by atoms with Gasteiger partial charge in [0.25, 0.3) is 0 Å². The molecule has 2 unspecified atom stereocenters. The van der Waals surface area contributed by atoms with E-state index in [2.05, 4.69) is 151 Å². The number of allylic oxidation sites excluding steroid dienone is 2. The zero-order chi connectivity index (χ0) is 30.8. The lowest BCUT2D eigenvalue weighted by molar-refractivity contribution is 0.514. The van der Waals surface area contributed by atoms with Crippen LogP contribution in [0.4, 0.5) is 0 Å². The van der Waals surface area contributed by atoms with E-state index in [-0.39, 0.29) is 0 Å². The highest BCUT2D eigenvalue weighted by atomic mass is 32.1. The molecule has 2 atom stereocenters. The summed E-state index contributed by atoms with van der Waals surface area (Å²) in [4.78, 5) is 10.7. The highest BCUT2D eigenvalue weighted by molar-refractivity contribution is 7.25. The molecule has 46 heavy (non-hydrogen) atoms. The number of thiophene rings is 1. The molecule has 1 N–H and O–H groups in total. The third-order valence-electron chi connectivity index (χ3n) is 9.37. The number of hydrogen-bond donors (Lipinski definition) is 1.